The monoisotopic (exact) mass is 502 g/mol. The third kappa shape index (κ3) is 7.71. The number of amides is 1. The molecular formula is C30H38N4O3. The van der Waals surface area contributed by atoms with Gasteiger partial charge in [0.25, 0.3) is 0 Å². The summed E-state index contributed by atoms with van der Waals surface area (Å²) in [6.45, 7) is 5.47. The van der Waals surface area contributed by atoms with Gasteiger partial charge in [-0.3, -0.25) is 0 Å². The summed E-state index contributed by atoms with van der Waals surface area (Å²) in [5, 5.41) is 22.1. The van der Waals surface area contributed by atoms with Crippen LogP contribution in [0.5, 0.6) is 5.75 Å². The van der Waals surface area contributed by atoms with Crippen molar-refractivity contribution in [1.29, 1.82) is 10.5 Å². The Morgan fingerprint density at radius 2 is 1.84 bits per heavy atom. The molecule has 1 N–H and O–H groups in total. The average Bonchev–Trinajstić information content (AvgIpc) is 2.95. The number of alkyl carbamates (subject to hydrolysis) is 1. The predicted molar refractivity (Wildman–Crippen MR) is 143 cm³/mol. The van der Waals surface area contributed by atoms with E-state index >= 15 is 0 Å². The zero-order chi connectivity index (χ0) is 26.5. The van der Waals surface area contributed by atoms with Gasteiger partial charge in [-0.2, -0.15) is 10.5 Å². The van der Waals surface area contributed by atoms with E-state index in [2.05, 4.69) is 29.3 Å². The maximum Gasteiger partial charge on any atom is 0.407 e. The maximum absolute atomic E-state index is 12.0. The van der Waals surface area contributed by atoms with Crippen molar-refractivity contribution in [1.82, 2.24) is 10.2 Å². The molecule has 2 aromatic carbocycles. The van der Waals surface area contributed by atoms with Gasteiger partial charge < -0.3 is 19.7 Å². The third-order valence-corrected chi connectivity index (χ3v) is 7.28. The lowest BCUT2D eigenvalue weighted by Crippen LogP contribution is -2.45. The molecule has 0 saturated carbocycles. The molecule has 0 spiro atoms. The van der Waals surface area contributed by atoms with Crippen LogP contribution < -0.4 is 10.1 Å². The molecule has 7 nitrogen and oxygen atoms in total. The smallest absolute Gasteiger partial charge is 0.407 e. The maximum atomic E-state index is 12.0. The van der Waals surface area contributed by atoms with Gasteiger partial charge in [0, 0.05) is 20.0 Å². The average molecular weight is 503 g/mol. The summed E-state index contributed by atoms with van der Waals surface area (Å²) in [6, 6.07) is 22.0. The minimum atomic E-state index is -0.708. The van der Waals surface area contributed by atoms with Crippen LogP contribution in [0.15, 0.2) is 54.6 Å². The van der Waals surface area contributed by atoms with E-state index < -0.39 is 11.5 Å². The van der Waals surface area contributed by atoms with Gasteiger partial charge in [-0.15, -0.1) is 0 Å². The van der Waals surface area contributed by atoms with Crippen molar-refractivity contribution in [2.75, 3.05) is 33.3 Å². The third-order valence-electron chi connectivity index (χ3n) is 7.28. The van der Waals surface area contributed by atoms with Gasteiger partial charge in [-0.25, -0.2) is 4.79 Å². The van der Waals surface area contributed by atoms with Crippen molar-refractivity contribution in [3.8, 4) is 17.9 Å². The van der Waals surface area contributed by atoms with Crippen LogP contribution in [0.3, 0.4) is 0 Å². The molecule has 196 valence electrons. The Bertz CT molecular complexity index is 1050. The number of carbonyl (C=O) groups excluding carboxylic acids is 1. The van der Waals surface area contributed by atoms with E-state index in [4.69, 9.17) is 14.7 Å². The Morgan fingerprint density at radius 3 is 2.43 bits per heavy atom. The summed E-state index contributed by atoms with van der Waals surface area (Å²) in [5.74, 6) is 0.957. The van der Waals surface area contributed by atoms with Gasteiger partial charge in [-0.1, -0.05) is 43.7 Å². The minimum absolute atomic E-state index is 0.179. The van der Waals surface area contributed by atoms with Crippen LogP contribution in [0.4, 0.5) is 4.79 Å². The van der Waals surface area contributed by atoms with Crippen LogP contribution in [0.1, 0.15) is 56.6 Å². The number of nitriles is 2. The first kappa shape index (κ1) is 28.0. The van der Waals surface area contributed by atoms with Crippen LogP contribution in [0.2, 0.25) is 0 Å². The molecule has 3 rings (SSSR count). The molecular weight excluding hydrogens is 464 g/mol. The van der Waals surface area contributed by atoms with E-state index in [0.29, 0.717) is 18.6 Å². The standard InChI is InChI=1S/C30H38N4O3/c1-3-8-28(37-29(35)33-2)21-30(23-32,25-9-5-4-6-10-25)26-15-18-34(19-16-26)17-7-20-36-27-13-11-24(22-31)12-14-27/h4-6,9-14,26,28H,3,7-8,15-21H2,1-2H3,(H,33,35). The quantitative estimate of drug-likeness (QED) is 0.389. The summed E-state index contributed by atoms with van der Waals surface area (Å²) >= 11 is 0. The highest BCUT2D eigenvalue weighted by Gasteiger charge is 2.44. The summed E-state index contributed by atoms with van der Waals surface area (Å²) in [6.07, 6.45) is 4.07. The number of nitrogens with one attached hydrogen (secondary N) is 1. The number of rotatable bonds is 12. The van der Waals surface area contributed by atoms with Crippen molar-refractivity contribution in [3.63, 3.8) is 0 Å². The van der Waals surface area contributed by atoms with Crippen molar-refractivity contribution >= 4 is 6.09 Å². The number of piperidine rings is 1. The second kappa shape index (κ2) is 14.3. The molecule has 1 fully saturated rings. The van der Waals surface area contributed by atoms with E-state index in [1.807, 2.05) is 42.5 Å². The van der Waals surface area contributed by atoms with E-state index in [-0.39, 0.29) is 12.0 Å². The molecule has 2 unspecified atom stereocenters. The molecule has 0 bridgehead atoms. The lowest BCUT2D eigenvalue weighted by atomic mass is 9.64. The van der Waals surface area contributed by atoms with Gasteiger partial charge in [0.05, 0.1) is 29.7 Å². The summed E-state index contributed by atoms with van der Waals surface area (Å²) in [5.41, 5.74) is 0.925. The lowest BCUT2D eigenvalue weighted by Gasteiger charge is -2.42. The highest BCUT2D eigenvalue weighted by atomic mass is 16.6. The second-order valence-electron chi connectivity index (χ2n) is 9.67. The van der Waals surface area contributed by atoms with Gasteiger partial charge in [-0.05, 0) is 74.5 Å². The largest absolute Gasteiger partial charge is 0.494 e. The number of hydrogen-bond acceptors (Lipinski definition) is 6. The molecule has 0 radical (unpaired) electrons. The molecule has 1 saturated heterocycles. The van der Waals surface area contributed by atoms with Crippen molar-refractivity contribution < 1.29 is 14.3 Å². The summed E-state index contributed by atoms with van der Waals surface area (Å²) in [4.78, 5) is 14.5. The molecule has 0 aliphatic carbocycles. The summed E-state index contributed by atoms with van der Waals surface area (Å²) in [7, 11) is 1.56. The van der Waals surface area contributed by atoms with Gasteiger partial charge in [0.15, 0.2) is 0 Å². The Labute approximate surface area is 221 Å². The van der Waals surface area contributed by atoms with Crippen LogP contribution in [-0.4, -0.2) is 50.4 Å². The van der Waals surface area contributed by atoms with Crippen LogP contribution in [0.25, 0.3) is 0 Å². The van der Waals surface area contributed by atoms with Crippen molar-refractivity contribution in [3.05, 3.63) is 65.7 Å². The Kier molecular flexibility index (Phi) is 10.8. The number of benzene rings is 2. The number of likely N-dealkylation sites (tertiary alicyclic amines) is 1. The number of ether oxygens (including phenoxy) is 2. The first-order valence-corrected chi connectivity index (χ1v) is 13.2. The summed E-state index contributed by atoms with van der Waals surface area (Å²) < 4.78 is 11.5. The Balaban J connectivity index is 1.61. The van der Waals surface area contributed by atoms with Gasteiger partial charge in [0.1, 0.15) is 11.9 Å². The normalized spacial score (nSPS) is 16.5. The van der Waals surface area contributed by atoms with E-state index in [0.717, 1.165) is 63.1 Å². The zero-order valence-electron chi connectivity index (χ0n) is 22.0. The predicted octanol–water partition coefficient (Wildman–Crippen LogP) is 5.42. The fourth-order valence-electron chi connectivity index (χ4n) is 5.30. The van der Waals surface area contributed by atoms with Crippen molar-refractivity contribution in [2.24, 2.45) is 5.92 Å². The van der Waals surface area contributed by atoms with Gasteiger partial charge >= 0.3 is 6.09 Å². The molecule has 37 heavy (non-hydrogen) atoms. The first-order chi connectivity index (χ1) is 18.0. The number of hydrogen-bond donors (Lipinski definition) is 1. The number of carbonyl (C=O) groups is 1. The van der Waals surface area contributed by atoms with E-state index in [1.165, 1.54) is 0 Å². The second-order valence-corrected chi connectivity index (χ2v) is 9.67. The Hall–Kier alpha value is -3.55. The molecule has 2 aromatic rings. The first-order valence-electron chi connectivity index (χ1n) is 13.2. The Morgan fingerprint density at radius 1 is 1.14 bits per heavy atom. The highest BCUT2D eigenvalue weighted by Crippen LogP contribution is 2.43. The molecule has 2 atom stereocenters. The van der Waals surface area contributed by atoms with Crippen molar-refractivity contribution in [2.45, 2.75) is 57.0 Å². The SMILES string of the molecule is CCCC(CC(C#N)(c1ccccc1)C1CCN(CCCOc2ccc(C#N)cc2)CC1)OC(=O)NC. The van der Waals surface area contributed by atoms with Crippen LogP contribution in [0, 0.1) is 28.6 Å². The van der Waals surface area contributed by atoms with Crippen LogP contribution >= 0.6 is 0 Å². The minimum Gasteiger partial charge on any atom is -0.494 e. The fourth-order valence-corrected chi connectivity index (χ4v) is 5.30. The fraction of sp³-hybridized carbons (Fsp3) is 0.500. The molecule has 1 aliphatic heterocycles. The zero-order valence-corrected chi connectivity index (χ0v) is 22.0. The van der Waals surface area contributed by atoms with E-state index in [1.54, 1.807) is 19.2 Å². The highest BCUT2D eigenvalue weighted by molar-refractivity contribution is 5.66. The van der Waals surface area contributed by atoms with E-state index in [9.17, 15) is 10.1 Å². The molecule has 1 heterocycles. The van der Waals surface area contributed by atoms with Gasteiger partial charge in [0.2, 0.25) is 0 Å². The lowest BCUT2D eigenvalue weighted by molar-refractivity contribution is 0.0596. The molecule has 0 aromatic heterocycles. The molecule has 1 amide bonds. The molecule has 1 aliphatic rings. The number of nitrogens with zero attached hydrogens (tertiary/aromatic N) is 3. The van der Waals surface area contributed by atoms with Crippen LogP contribution in [-0.2, 0) is 10.2 Å². The molecule has 7 heteroatoms. The topological polar surface area (TPSA) is 98.4 Å².